The van der Waals surface area contributed by atoms with Crippen LogP contribution in [0.15, 0.2) is 71.1 Å². The minimum Gasteiger partial charge on any atom is -0.493 e. The number of anilines is 1. The van der Waals surface area contributed by atoms with Gasteiger partial charge in [0.05, 0.1) is 10.7 Å². The number of carbonyl (C=O) groups excluding carboxylic acids is 1. The second-order valence-electron chi connectivity index (χ2n) is 7.26. The van der Waals surface area contributed by atoms with E-state index in [0.29, 0.717) is 14.8 Å². The number of carbonyl (C=O) groups is 1. The number of nitriles is 1. The summed E-state index contributed by atoms with van der Waals surface area (Å²) in [6, 6.07) is 18.3. The molecule has 174 valence electrons. The molecule has 0 unspecified atom stereocenters. The van der Waals surface area contributed by atoms with Crippen LogP contribution in [0.5, 0.6) is 11.5 Å². The number of benzene rings is 3. The van der Waals surface area contributed by atoms with E-state index in [1.165, 1.54) is 31.4 Å². The maximum Gasteiger partial charge on any atom is 0.339 e. The molecular formula is C25H21IN2O5S. The summed E-state index contributed by atoms with van der Waals surface area (Å²) in [4.78, 5) is 12.7. The number of aryl methyl sites for hydroxylation is 1. The average Bonchev–Trinajstić information content (AvgIpc) is 2.82. The fraction of sp³-hybridized carbons (Fsp3) is 0.120. The van der Waals surface area contributed by atoms with Crippen LogP contribution >= 0.6 is 22.6 Å². The predicted molar refractivity (Wildman–Crippen MR) is 138 cm³/mol. The van der Waals surface area contributed by atoms with E-state index >= 15 is 0 Å². The zero-order chi connectivity index (χ0) is 24.9. The number of hydrogen-bond donors (Lipinski definition) is 1. The highest BCUT2D eigenvalue weighted by atomic mass is 127. The van der Waals surface area contributed by atoms with Gasteiger partial charge in [-0.1, -0.05) is 30.3 Å². The Morgan fingerprint density at radius 2 is 1.79 bits per heavy atom. The van der Waals surface area contributed by atoms with Crippen LogP contribution in [0.3, 0.4) is 0 Å². The molecule has 34 heavy (non-hydrogen) atoms. The van der Waals surface area contributed by atoms with Gasteiger partial charge in [-0.05, 0) is 89.5 Å². The summed E-state index contributed by atoms with van der Waals surface area (Å²) in [6.45, 7) is 3.82. The van der Waals surface area contributed by atoms with Gasteiger partial charge in [-0.15, -0.1) is 0 Å². The lowest BCUT2D eigenvalue weighted by Gasteiger charge is -2.14. The van der Waals surface area contributed by atoms with E-state index in [0.717, 1.165) is 11.1 Å². The van der Waals surface area contributed by atoms with E-state index in [-0.39, 0.29) is 22.0 Å². The van der Waals surface area contributed by atoms with Crippen molar-refractivity contribution < 1.29 is 22.1 Å². The molecule has 0 aliphatic heterocycles. The number of halogens is 1. The third-order valence-corrected chi connectivity index (χ3v) is 7.04. The van der Waals surface area contributed by atoms with Crippen molar-refractivity contribution >= 4 is 50.4 Å². The molecule has 7 nitrogen and oxygen atoms in total. The Kier molecular flexibility index (Phi) is 7.96. The number of nitrogens with one attached hydrogen (secondary N) is 1. The molecule has 0 saturated carbocycles. The summed E-state index contributed by atoms with van der Waals surface area (Å²) in [5.41, 5.74) is 2.89. The van der Waals surface area contributed by atoms with Crippen molar-refractivity contribution in [3.63, 3.8) is 0 Å². The standard InChI is InChI=1S/C25H21IN2O5S/c1-16-8-7-11-22(17(16)2)28-25(29)19(15-27)12-18-13-21(26)24(23(14-18)32-3)33-34(30,31)20-9-5-4-6-10-20/h4-14H,1-3H3,(H,28,29)/b19-12+. The Bertz CT molecular complexity index is 1410. The molecule has 9 heteroatoms. The third kappa shape index (κ3) is 5.76. The van der Waals surface area contributed by atoms with E-state index in [4.69, 9.17) is 8.92 Å². The lowest BCUT2D eigenvalue weighted by Crippen LogP contribution is -2.14. The fourth-order valence-electron chi connectivity index (χ4n) is 3.04. The molecule has 0 fully saturated rings. The zero-order valence-electron chi connectivity index (χ0n) is 18.6. The van der Waals surface area contributed by atoms with Gasteiger partial charge in [0, 0.05) is 5.69 Å². The van der Waals surface area contributed by atoms with E-state index < -0.39 is 16.0 Å². The molecule has 0 saturated heterocycles. The topological polar surface area (TPSA) is 105 Å². The Labute approximate surface area is 212 Å². The van der Waals surface area contributed by atoms with Crippen LogP contribution in [0.1, 0.15) is 16.7 Å². The summed E-state index contributed by atoms with van der Waals surface area (Å²) in [7, 11) is -2.71. The summed E-state index contributed by atoms with van der Waals surface area (Å²) in [5.74, 6) is -0.399. The summed E-state index contributed by atoms with van der Waals surface area (Å²) < 4.78 is 36.4. The van der Waals surface area contributed by atoms with Crippen molar-refractivity contribution in [2.45, 2.75) is 18.7 Å². The highest BCUT2D eigenvalue weighted by molar-refractivity contribution is 14.1. The van der Waals surface area contributed by atoms with Gasteiger partial charge in [0.2, 0.25) is 0 Å². The summed E-state index contributed by atoms with van der Waals surface area (Å²) in [5, 5.41) is 12.3. The number of rotatable bonds is 7. The van der Waals surface area contributed by atoms with Gasteiger partial charge in [-0.2, -0.15) is 13.7 Å². The average molecular weight is 588 g/mol. The lowest BCUT2D eigenvalue weighted by atomic mass is 10.1. The van der Waals surface area contributed by atoms with Crippen molar-refractivity contribution in [3.05, 3.63) is 86.5 Å². The van der Waals surface area contributed by atoms with E-state index in [2.05, 4.69) is 5.32 Å². The van der Waals surface area contributed by atoms with Crippen molar-refractivity contribution in [1.29, 1.82) is 5.26 Å². The second-order valence-corrected chi connectivity index (χ2v) is 9.96. The first-order valence-corrected chi connectivity index (χ1v) is 12.5. The molecule has 1 amide bonds. The first kappa shape index (κ1) is 25.3. The predicted octanol–water partition coefficient (Wildman–Crippen LogP) is 5.23. The SMILES string of the molecule is COc1cc(/C=C(\C#N)C(=O)Nc2cccc(C)c2C)cc(I)c1OS(=O)(=O)c1ccccc1. The zero-order valence-corrected chi connectivity index (χ0v) is 21.6. The fourth-order valence-corrected chi connectivity index (χ4v) is 4.90. The Hall–Kier alpha value is -3.36. The third-order valence-electron chi connectivity index (χ3n) is 5.01. The molecule has 0 atom stereocenters. The monoisotopic (exact) mass is 588 g/mol. The highest BCUT2D eigenvalue weighted by Gasteiger charge is 2.22. The largest absolute Gasteiger partial charge is 0.493 e. The van der Waals surface area contributed by atoms with Gasteiger partial charge in [-0.25, -0.2) is 0 Å². The van der Waals surface area contributed by atoms with Gasteiger partial charge in [0.25, 0.3) is 5.91 Å². The first-order chi connectivity index (χ1) is 16.2. The van der Waals surface area contributed by atoms with Gasteiger partial charge in [-0.3, -0.25) is 4.79 Å². The minimum atomic E-state index is -4.08. The molecule has 0 spiro atoms. The maximum absolute atomic E-state index is 12.7. The van der Waals surface area contributed by atoms with Crippen LogP contribution in [0.4, 0.5) is 5.69 Å². The molecular weight excluding hydrogens is 567 g/mol. The van der Waals surface area contributed by atoms with Crippen LogP contribution in [0.2, 0.25) is 0 Å². The molecule has 3 aromatic rings. The van der Waals surface area contributed by atoms with Gasteiger partial charge in [0.15, 0.2) is 11.5 Å². The lowest BCUT2D eigenvalue weighted by molar-refractivity contribution is -0.112. The Morgan fingerprint density at radius 3 is 2.44 bits per heavy atom. The Morgan fingerprint density at radius 1 is 1.09 bits per heavy atom. The number of ether oxygens (including phenoxy) is 1. The van der Waals surface area contributed by atoms with E-state index in [1.54, 1.807) is 30.3 Å². The first-order valence-electron chi connectivity index (χ1n) is 10.0. The van der Waals surface area contributed by atoms with Gasteiger partial charge < -0.3 is 14.2 Å². The minimum absolute atomic E-state index is 0.00621. The number of hydrogen-bond acceptors (Lipinski definition) is 6. The van der Waals surface area contributed by atoms with E-state index in [1.807, 2.05) is 54.6 Å². The molecule has 3 aromatic carbocycles. The van der Waals surface area contributed by atoms with Crippen molar-refractivity contribution in [1.82, 2.24) is 0 Å². The van der Waals surface area contributed by atoms with Crippen LogP contribution in [-0.4, -0.2) is 21.4 Å². The molecule has 0 heterocycles. The summed E-state index contributed by atoms with van der Waals surface area (Å²) >= 11 is 1.91. The smallest absolute Gasteiger partial charge is 0.339 e. The van der Waals surface area contributed by atoms with Gasteiger partial charge >= 0.3 is 10.1 Å². The molecule has 0 bridgehead atoms. The molecule has 3 rings (SSSR count). The highest BCUT2D eigenvalue weighted by Crippen LogP contribution is 2.36. The van der Waals surface area contributed by atoms with Crippen molar-refractivity contribution in [2.75, 3.05) is 12.4 Å². The van der Waals surface area contributed by atoms with Gasteiger partial charge in [0.1, 0.15) is 16.5 Å². The van der Waals surface area contributed by atoms with Crippen LogP contribution in [0, 0.1) is 28.7 Å². The number of methoxy groups -OCH3 is 1. The normalized spacial score (nSPS) is 11.4. The molecule has 0 aliphatic rings. The van der Waals surface area contributed by atoms with Crippen LogP contribution in [-0.2, 0) is 14.9 Å². The Balaban J connectivity index is 1.92. The van der Waals surface area contributed by atoms with Crippen molar-refractivity contribution in [3.8, 4) is 17.6 Å². The van der Waals surface area contributed by atoms with E-state index in [9.17, 15) is 18.5 Å². The van der Waals surface area contributed by atoms with Crippen LogP contribution < -0.4 is 14.2 Å². The molecule has 0 aliphatic carbocycles. The van der Waals surface area contributed by atoms with Crippen LogP contribution in [0.25, 0.3) is 6.08 Å². The van der Waals surface area contributed by atoms with Crippen molar-refractivity contribution in [2.24, 2.45) is 0 Å². The second kappa shape index (κ2) is 10.7. The number of amides is 1. The maximum atomic E-state index is 12.7. The number of nitrogens with zero attached hydrogens (tertiary/aromatic N) is 1. The quantitative estimate of drug-likeness (QED) is 0.176. The molecule has 0 radical (unpaired) electrons. The summed E-state index contributed by atoms with van der Waals surface area (Å²) in [6.07, 6.45) is 1.40. The molecule has 1 N–H and O–H groups in total. The molecule has 0 aromatic heterocycles.